The number of nitrogens with one attached hydrogen (secondary N) is 1. The summed E-state index contributed by atoms with van der Waals surface area (Å²) in [6.45, 7) is 0. The topological polar surface area (TPSA) is 124 Å². The summed E-state index contributed by atoms with van der Waals surface area (Å²) in [6, 6.07) is 11.4. The minimum absolute atomic E-state index is 0.0270. The highest BCUT2D eigenvalue weighted by molar-refractivity contribution is 9.11. The summed E-state index contributed by atoms with van der Waals surface area (Å²) in [5.74, 6) is -1.07. The number of nitro groups is 1. The van der Waals surface area contributed by atoms with Crippen molar-refractivity contribution in [3.05, 3.63) is 90.7 Å². The van der Waals surface area contributed by atoms with Crippen molar-refractivity contribution in [1.29, 1.82) is 0 Å². The molecule has 152 valence electrons. The molecule has 0 unspecified atom stereocenters. The second-order valence-electron chi connectivity index (χ2n) is 5.68. The first kappa shape index (κ1) is 21.4. The normalized spacial score (nSPS) is 10.7. The maximum atomic E-state index is 12.2. The summed E-state index contributed by atoms with van der Waals surface area (Å²) in [5, 5.41) is 14.6. The van der Waals surface area contributed by atoms with Crippen LogP contribution in [0, 0.1) is 10.1 Å². The zero-order chi connectivity index (χ0) is 21.7. The Kier molecular flexibility index (Phi) is 6.75. The lowest BCUT2D eigenvalue weighted by Crippen LogP contribution is -2.17. The first-order valence-electron chi connectivity index (χ1n) is 8.17. The van der Waals surface area contributed by atoms with Crippen LogP contribution in [0.1, 0.15) is 26.5 Å². The molecule has 0 aliphatic heterocycles. The summed E-state index contributed by atoms with van der Waals surface area (Å²) < 4.78 is 11.6. The van der Waals surface area contributed by atoms with Gasteiger partial charge in [0.15, 0.2) is 5.75 Å². The van der Waals surface area contributed by atoms with Crippen LogP contribution in [0.25, 0.3) is 0 Å². The number of non-ortho nitro benzene ring substituents is 1. The van der Waals surface area contributed by atoms with Crippen molar-refractivity contribution in [2.45, 2.75) is 0 Å². The number of carbonyl (C=O) groups is 2. The SMILES string of the molecule is O=C(NN=Cc1cc(Br)cc(Br)c1OC(=O)c1ccco1)c1ccc([N+](=O)[O-])cc1. The molecule has 0 aliphatic carbocycles. The van der Waals surface area contributed by atoms with Crippen molar-refractivity contribution in [1.82, 2.24) is 5.43 Å². The quantitative estimate of drug-likeness (QED) is 0.160. The molecule has 30 heavy (non-hydrogen) atoms. The van der Waals surface area contributed by atoms with Crippen LogP contribution in [0.15, 0.2) is 73.3 Å². The average molecular weight is 537 g/mol. The molecule has 3 aromatic rings. The number of furan rings is 1. The van der Waals surface area contributed by atoms with E-state index < -0.39 is 16.8 Å². The monoisotopic (exact) mass is 535 g/mol. The van der Waals surface area contributed by atoms with Crippen LogP contribution in [0.3, 0.4) is 0 Å². The number of halogens is 2. The minimum atomic E-state index is -0.701. The van der Waals surface area contributed by atoms with Crippen LogP contribution >= 0.6 is 31.9 Å². The van der Waals surface area contributed by atoms with Gasteiger partial charge in [-0.25, -0.2) is 10.2 Å². The minimum Gasteiger partial charge on any atom is -0.457 e. The molecule has 1 aromatic heterocycles. The highest BCUT2D eigenvalue weighted by atomic mass is 79.9. The Balaban J connectivity index is 1.76. The number of benzene rings is 2. The maximum absolute atomic E-state index is 12.2. The van der Waals surface area contributed by atoms with Crippen molar-refractivity contribution in [3.8, 4) is 5.75 Å². The number of amides is 1. The molecule has 1 heterocycles. The van der Waals surface area contributed by atoms with E-state index >= 15 is 0 Å². The zero-order valence-electron chi connectivity index (χ0n) is 14.9. The molecule has 1 N–H and O–H groups in total. The van der Waals surface area contributed by atoms with Gasteiger partial charge in [-0.15, -0.1) is 0 Å². The summed E-state index contributed by atoms with van der Waals surface area (Å²) in [7, 11) is 0. The number of hydrazone groups is 1. The number of carbonyl (C=O) groups excluding carboxylic acids is 2. The van der Waals surface area contributed by atoms with E-state index in [4.69, 9.17) is 9.15 Å². The molecular weight excluding hydrogens is 526 g/mol. The molecule has 0 spiro atoms. The van der Waals surface area contributed by atoms with Crippen LogP contribution in [0.2, 0.25) is 0 Å². The fourth-order valence-corrected chi connectivity index (χ4v) is 3.62. The molecule has 2 aromatic carbocycles. The fourth-order valence-electron chi connectivity index (χ4n) is 2.28. The van der Waals surface area contributed by atoms with E-state index in [1.54, 1.807) is 18.2 Å². The van der Waals surface area contributed by atoms with Crippen LogP contribution in [-0.4, -0.2) is 23.0 Å². The van der Waals surface area contributed by atoms with Crippen LogP contribution in [-0.2, 0) is 0 Å². The number of hydrogen-bond donors (Lipinski definition) is 1. The maximum Gasteiger partial charge on any atom is 0.379 e. The Hall–Kier alpha value is -3.31. The van der Waals surface area contributed by atoms with Gasteiger partial charge in [0.25, 0.3) is 11.6 Å². The first-order valence-corrected chi connectivity index (χ1v) is 9.76. The molecule has 0 bridgehead atoms. The van der Waals surface area contributed by atoms with Crippen molar-refractivity contribution < 1.29 is 23.7 Å². The number of esters is 1. The van der Waals surface area contributed by atoms with E-state index in [-0.39, 0.29) is 22.8 Å². The third kappa shape index (κ3) is 5.19. The number of nitro benzene ring substituents is 1. The summed E-state index contributed by atoms with van der Waals surface area (Å²) in [4.78, 5) is 34.5. The van der Waals surface area contributed by atoms with Crippen molar-refractivity contribution >= 4 is 55.6 Å². The van der Waals surface area contributed by atoms with E-state index in [0.29, 0.717) is 14.5 Å². The van der Waals surface area contributed by atoms with Gasteiger partial charge in [0, 0.05) is 27.7 Å². The lowest BCUT2D eigenvalue weighted by molar-refractivity contribution is -0.384. The Labute approximate surface area is 186 Å². The van der Waals surface area contributed by atoms with Gasteiger partial charge < -0.3 is 9.15 Å². The van der Waals surface area contributed by atoms with Crippen molar-refractivity contribution in [3.63, 3.8) is 0 Å². The first-order chi connectivity index (χ1) is 14.3. The standard InChI is InChI=1S/C19H11Br2N3O6/c20-13-8-12(17(15(21)9-13)30-19(26)16-2-1-7-29-16)10-22-23-18(25)11-3-5-14(6-4-11)24(27)28/h1-10H,(H,23,25). The number of rotatable bonds is 6. The van der Waals surface area contributed by atoms with Gasteiger partial charge in [-0.1, -0.05) is 15.9 Å². The third-order valence-corrected chi connectivity index (χ3v) is 4.71. The van der Waals surface area contributed by atoms with Gasteiger partial charge in [-0.2, -0.15) is 5.10 Å². The van der Waals surface area contributed by atoms with Crippen molar-refractivity contribution in [2.75, 3.05) is 0 Å². The smallest absolute Gasteiger partial charge is 0.379 e. The van der Waals surface area contributed by atoms with Gasteiger partial charge in [0.05, 0.1) is 21.9 Å². The van der Waals surface area contributed by atoms with Crippen molar-refractivity contribution in [2.24, 2.45) is 5.10 Å². The van der Waals surface area contributed by atoms with E-state index in [2.05, 4.69) is 42.4 Å². The van der Waals surface area contributed by atoms with Gasteiger partial charge >= 0.3 is 5.97 Å². The number of ether oxygens (including phenoxy) is 1. The molecule has 11 heteroatoms. The van der Waals surface area contributed by atoms with Gasteiger partial charge in [-0.3, -0.25) is 14.9 Å². The Morgan fingerprint density at radius 1 is 1.17 bits per heavy atom. The molecular formula is C19H11Br2N3O6. The highest BCUT2D eigenvalue weighted by Gasteiger charge is 2.17. The van der Waals surface area contributed by atoms with E-state index in [9.17, 15) is 19.7 Å². The van der Waals surface area contributed by atoms with E-state index in [1.807, 2.05) is 0 Å². The van der Waals surface area contributed by atoms with Gasteiger partial charge in [0.2, 0.25) is 5.76 Å². The zero-order valence-corrected chi connectivity index (χ0v) is 18.0. The van der Waals surface area contributed by atoms with E-state index in [0.717, 1.165) is 0 Å². The predicted octanol–water partition coefficient (Wildman–Crippen LogP) is 4.70. The molecule has 0 saturated heterocycles. The Morgan fingerprint density at radius 2 is 1.90 bits per heavy atom. The second kappa shape index (κ2) is 9.46. The molecule has 0 radical (unpaired) electrons. The highest BCUT2D eigenvalue weighted by Crippen LogP contribution is 2.32. The van der Waals surface area contributed by atoms with E-state index in [1.165, 1.54) is 42.8 Å². The average Bonchev–Trinajstić information content (AvgIpc) is 3.25. The Bertz CT molecular complexity index is 1130. The molecule has 9 nitrogen and oxygen atoms in total. The lowest BCUT2D eigenvalue weighted by Gasteiger charge is -2.09. The fraction of sp³-hybridized carbons (Fsp3) is 0. The Morgan fingerprint density at radius 3 is 2.53 bits per heavy atom. The number of hydrogen-bond acceptors (Lipinski definition) is 7. The molecule has 1 amide bonds. The summed E-state index contributed by atoms with van der Waals surface area (Å²) in [6.07, 6.45) is 2.65. The second-order valence-corrected chi connectivity index (χ2v) is 7.45. The molecule has 3 rings (SSSR count). The molecule has 0 atom stereocenters. The largest absolute Gasteiger partial charge is 0.457 e. The summed E-state index contributed by atoms with van der Waals surface area (Å²) in [5.41, 5.74) is 2.77. The van der Waals surface area contributed by atoms with Crippen LogP contribution in [0.5, 0.6) is 5.75 Å². The van der Waals surface area contributed by atoms with Crippen LogP contribution < -0.4 is 10.2 Å². The van der Waals surface area contributed by atoms with Gasteiger partial charge in [0.1, 0.15) is 0 Å². The lowest BCUT2D eigenvalue weighted by atomic mass is 10.2. The summed E-state index contributed by atoms with van der Waals surface area (Å²) >= 11 is 6.66. The molecule has 0 fully saturated rings. The predicted molar refractivity (Wildman–Crippen MR) is 114 cm³/mol. The molecule has 0 saturated carbocycles. The van der Waals surface area contributed by atoms with Crippen LogP contribution in [0.4, 0.5) is 5.69 Å². The number of nitrogens with zero attached hydrogens (tertiary/aromatic N) is 2. The van der Waals surface area contributed by atoms with Gasteiger partial charge in [-0.05, 0) is 52.3 Å². The third-order valence-electron chi connectivity index (χ3n) is 3.66. The molecule has 0 aliphatic rings.